The average Bonchev–Trinajstić information content (AvgIpc) is 2.35. The van der Waals surface area contributed by atoms with Gasteiger partial charge in [0.05, 0.1) is 18.1 Å². The highest BCUT2D eigenvalue weighted by atomic mass is 32.2. The number of alkyl halides is 3. The van der Waals surface area contributed by atoms with Gasteiger partial charge >= 0.3 is 12.1 Å². The predicted molar refractivity (Wildman–Crippen MR) is 68.0 cm³/mol. The first-order valence-electron chi connectivity index (χ1n) is 5.81. The Morgan fingerprint density at radius 3 is 2.68 bits per heavy atom. The van der Waals surface area contributed by atoms with E-state index in [0.29, 0.717) is 17.3 Å². The van der Waals surface area contributed by atoms with E-state index in [2.05, 4.69) is 0 Å². The lowest BCUT2D eigenvalue weighted by Crippen LogP contribution is -2.16. The van der Waals surface area contributed by atoms with Crippen LogP contribution in [0.25, 0.3) is 0 Å². The molecule has 0 saturated carbocycles. The van der Waals surface area contributed by atoms with Crippen LogP contribution in [0.5, 0.6) is 0 Å². The molecule has 0 N–H and O–H groups in total. The van der Waals surface area contributed by atoms with Crippen LogP contribution >= 0.6 is 11.8 Å². The number of ether oxygens (including phenoxy) is 1. The second-order valence-electron chi connectivity index (χ2n) is 3.99. The van der Waals surface area contributed by atoms with Crippen LogP contribution in [0.1, 0.15) is 19.4 Å². The molecule has 1 aromatic carbocycles. The lowest BCUT2D eigenvalue weighted by atomic mass is 10.2. The molecule has 0 spiro atoms. The van der Waals surface area contributed by atoms with Gasteiger partial charge in [0, 0.05) is 10.6 Å². The molecule has 106 valence electrons. The molecule has 0 heterocycles. The number of benzene rings is 1. The number of rotatable bonds is 5. The summed E-state index contributed by atoms with van der Waals surface area (Å²) in [6.07, 6.45) is -4.34. The minimum Gasteiger partial charge on any atom is -0.466 e. The monoisotopic (exact) mass is 292 g/mol. The molecule has 1 rings (SSSR count). The quantitative estimate of drug-likeness (QED) is 0.606. The molecule has 0 aliphatic carbocycles. The zero-order chi connectivity index (χ0) is 14.5. The molecular weight excluding hydrogens is 277 g/mol. The first kappa shape index (κ1) is 15.9. The summed E-state index contributed by atoms with van der Waals surface area (Å²) in [6, 6.07) is 5.07. The molecule has 19 heavy (non-hydrogen) atoms. The smallest absolute Gasteiger partial charge is 0.416 e. The third-order valence-electron chi connectivity index (χ3n) is 2.35. The number of hydrogen-bond acceptors (Lipinski definition) is 3. The number of carbonyl (C=O) groups is 1. The molecule has 0 fully saturated rings. The van der Waals surface area contributed by atoms with Gasteiger partial charge in [-0.15, -0.1) is 11.8 Å². The summed E-state index contributed by atoms with van der Waals surface area (Å²) in [5.74, 6) is -0.290. The van der Waals surface area contributed by atoms with Crippen LogP contribution in [0.4, 0.5) is 13.2 Å². The van der Waals surface area contributed by atoms with E-state index in [4.69, 9.17) is 4.74 Å². The number of thioether (sulfide) groups is 1. The second kappa shape index (κ2) is 6.84. The van der Waals surface area contributed by atoms with Gasteiger partial charge in [0.1, 0.15) is 0 Å². The van der Waals surface area contributed by atoms with Crippen molar-refractivity contribution in [3.63, 3.8) is 0 Å². The molecular formula is C13H15F3O2S. The maximum absolute atomic E-state index is 12.5. The lowest BCUT2D eigenvalue weighted by molar-refractivity contribution is -0.146. The van der Waals surface area contributed by atoms with E-state index in [-0.39, 0.29) is 11.9 Å². The van der Waals surface area contributed by atoms with Gasteiger partial charge in [-0.2, -0.15) is 13.2 Å². The SMILES string of the molecule is CCOC(=O)C(C)CSc1cccc(C(F)(F)F)c1. The van der Waals surface area contributed by atoms with Crippen LogP contribution in [-0.2, 0) is 15.7 Å². The number of hydrogen-bond donors (Lipinski definition) is 0. The molecule has 6 heteroatoms. The molecule has 1 atom stereocenters. The third-order valence-corrected chi connectivity index (χ3v) is 3.60. The van der Waals surface area contributed by atoms with Crippen molar-refractivity contribution < 1.29 is 22.7 Å². The van der Waals surface area contributed by atoms with E-state index in [0.717, 1.165) is 12.1 Å². The maximum Gasteiger partial charge on any atom is 0.416 e. The van der Waals surface area contributed by atoms with Crippen LogP contribution in [0.3, 0.4) is 0 Å². The molecule has 0 aliphatic heterocycles. The highest BCUT2D eigenvalue weighted by Crippen LogP contribution is 2.32. The molecule has 0 saturated heterocycles. The van der Waals surface area contributed by atoms with Gasteiger partial charge in [-0.05, 0) is 25.1 Å². The zero-order valence-corrected chi connectivity index (χ0v) is 11.5. The summed E-state index contributed by atoms with van der Waals surface area (Å²) in [5.41, 5.74) is -0.679. The van der Waals surface area contributed by atoms with Crippen molar-refractivity contribution in [3.05, 3.63) is 29.8 Å². The Labute approximate surface area is 114 Å². The summed E-state index contributed by atoms with van der Waals surface area (Å²) >= 11 is 1.21. The van der Waals surface area contributed by atoms with E-state index in [1.165, 1.54) is 17.8 Å². The van der Waals surface area contributed by atoms with Gasteiger partial charge in [-0.25, -0.2) is 0 Å². The summed E-state index contributed by atoms with van der Waals surface area (Å²) in [6.45, 7) is 3.71. The normalized spacial score (nSPS) is 13.1. The lowest BCUT2D eigenvalue weighted by Gasteiger charge is -2.11. The molecule has 0 aliphatic rings. The molecule has 1 aromatic rings. The van der Waals surface area contributed by atoms with Crippen molar-refractivity contribution in [1.82, 2.24) is 0 Å². The minimum absolute atomic E-state index is 0.303. The topological polar surface area (TPSA) is 26.3 Å². The van der Waals surface area contributed by atoms with Crippen molar-refractivity contribution in [1.29, 1.82) is 0 Å². The number of halogens is 3. The fourth-order valence-electron chi connectivity index (χ4n) is 1.34. The van der Waals surface area contributed by atoms with Crippen LogP contribution in [-0.4, -0.2) is 18.3 Å². The third kappa shape index (κ3) is 5.14. The Hall–Kier alpha value is -1.17. The van der Waals surface area contributed by atoms with Gasteiger partial charge in [0.2, 0.25) is 0 Å². The largest absolute Gasteiger partial charge is 0.466 e. The standard InChI is InChI=1S/C13H15F3O2S/c1-3-18-12(17)9(2)8-19-11-6-4-5-10(7-11)13(14,15)16/h4-7,9H,3,8H2,1-2H3. The van der Waals surface area contributed by atoms with Crippen molar-refractivity contribution >= 4 is 17.7 Å². The van der Waals surface area contributed by atoms with Crippen LogP contribution in [0.2, 0.25) is 0 Å². The Bertz CT molecular complexity index is 432. The van der Waals surface area contributed by atoms with Gasteiger partial charge in [0.25, 0.3) is 0 Å². The van der Waals surface area contributed by atoms with Crippen LogP contribution in [0, 0.1) is 5.92 Å². The highest BCUT2D eigenvalue weighted by molar-refractivity contribution is 7.99. The van der Waals surface area contributed by atoms with Crippen LogP contribution < -0.4 is 0 Å². The summed E-state index contributed by atoms with van der Waals surface area (Å²) < 4.78 is 42.4. The van der Waals surface area contributed by atoms with E-state index in [1.54, 1.807) is 19.9 Å². The Morgan fingerprint density at radius 2 is 2.11 bits per heavy atom. The first-order valence-corrected chi connectivity index (χ1v) is 6.80. The Kier molecular flexibility index (Phi) is 5.72. The van der Waals surface area contributed by atoms with Crippen molar-refractivity contribution in [2.45, 2.75) is 24.9 Å². The maximum atomic E-state index is 12.5. The molecule has 0 aromatic heterocycles. The summed E-state index contributed by atoms with van der Waals surface area (Å²) in [7, 11) is 0. The second-order valence-corrected chi connectivity index (χ2v) is 5.08. The minimum atomic E-state index is -4.34. The molecule has 0 radical (unpaired) electrons. The summed E-state index contributed by atoms with van der Waals surface area (Å²) in [5, 5.41) is 0. The van der Waals surface area contributed by atoms with Gasteiger partial charge in [0.15, 0.2) is 0 Å². The Balaban J connectivity index is 2.61. The number of carbonyl (C=O) groups excluding carboxylic acids is 1. The van der Waals surface area contributed by atoms with E-state index >= 15 is 0 Å². The first-order chi connectivity index (χ1) is 8.84. The highest BCUT2D eigenvalue weighted by Gasteiger charge is 2.30. The van der Waals surface area contributed by atoms with Crippen molar-refractivity contribution in [2.75, 3.05) is 12.4 Å². The van der Waals surface area contributed by atoms with Crippen molar-refractivity contribution in [2.24, 2.45) is 5.92 Å². The predicted octanol–water partition coefficient (Wildman–Crippen LogP) is 4.00. The Morgan fingerprint density at radius 1 is 1.42 bits per heavy atom. The zero-order valence-electron chi connectivity index (χ0n) is 10.7. The van der Waals surface area contributed by atoms with Gasteiger partial charge < -0.3 is 4.74 Å². The summed E-state index contributed by atoms with van der Waals surface area (Å²) in [4.78, 5) is 11.9. The molecule has 0 bridgehead atoms. The molecule has 1 unspecified atom stereocenters. The van der Waals surface area contributed by atoms with Gasteiger partial charge in [-0.1, -0.05) is 13.0 Å². The van der Waals surface area contributed by atoms with Crippen molar-refractivity contribution in [3.8, 4) is 0 Å². The number of esters is 1. The van der Waals surface area contributed by atoms with Gasteiger partial charge in [-0.3, -0.25) is 4.79 Å². The van der Waals surface area contributed by atoms with E-state index < -0.39 is 11.7 Å². The van der Waals surface area contributed by atoms with E-state index in [9.17, 15) is 18.0 Å². The average molecular weight is 292 g/mol. The molecule has 0 amide bonds. The fourth-order valence-corrected chi connectivity index (χ4v) is 2.30. The van der Waals surface area contributed by atoms with E-state index in [1.807, 2.05) is 0 Å². The fraction of sp³-hybridized carbons (Fsp3) is 0.462. The van der Waals surface area contributed by atoms with Crippen LogP contribution in [0.15, 0.2) is 29.2 Å². The molecule has 2 nitrogen and oxygen atoms in total.